The molecular formula is C27H27N3O3. The van der Waals surface area contributed by atoms with E-state index in [4.69, 9.17) is 0 Å². The second-order valence-corrected chi connectivity index (χ2v) is 8.45. The predicted octanol–water partition coefficient (Wildman–Crippen LogP) is 4.54. The molecule has 3 aromatic carbocycles. The van der Waals surface area contributed by atoms with Gasteiger partial charge in [0.1, 0.15) is 0 Å². The molecule has 1 aliphatic rings. The molecule has 0 radical (unpaired) electrons. The highest BCUT2D eigenvalue weighted by Crippen LogP contribution is 2.25. The fraction of sp³-hybridized carbons (Fsp3) is 0.222. The summed E-state index contributed by atoms with van der Waals surface area (Å²) in [5.74, 6) is -0.902. The molecule has 4 rings (SSSR count). The highest BCUT2D eigenvalue weighted by molar-refractivity contribution is 6.07. The molecule has 1 heterocycles. The number of likely N-dealkylation sites (tertiary alicyclic amines) is 1. The number of carbonyl (C=O) groups excluding carboxylic acids is 3. The normalized spacial score (nSPS) is 15.4. The first kappa shape index (κ1) is 22.3. The van der Waals surface area contributed by atoms with Crippen LogP contribution in [-0.2, 0) is 16.1 Å². The first-order chi connectivity index (χ1) is 15.9. The number of para-hydroxylation sites is 1. The van der Waals surface area contributed by atoms with E-state index in [9.17, 15) is 14.4 Å². The van der Waals surface area contributed by atoms with Crippen molar-refractivity contribution in [3.05, 3.63) is 95.1 Å². The number of nitrogens with one attached hydrogen (secondary N) is 2. The van der Waals surface area contributed by atoms with E-state index in [0.29, 0.717) is 35.6 Å². The van der Waals surface area contributed by atoms with Gasteiger partial charge in [0.25, 0.3) is 5.91 Å². The zero-order chi connectivity index (χ0) is 23.4. The first-order valence-corrected chi connectivity index (χ1v) is 11.0. The number of hydrogen-bond donors (Lipinski definition) is 2. The average Bonchev–Trinajstić information content (AvgIpc) is 3.17. The van der Waals surface area contributed by atoms with Crippen LogP contribution < -0.4 is 10.6 Å². The molecule has 0 bridgehead atoms. The average molecular weight is 442 g/mol. The number of amides is 3. The summed E-state index contributed by atoms with van der Waals surface area (Å²) in [6.45, 7) is 4.70. The molecule has 0 aliphatic carbocycles. The van der Waals surface area contributed by atoms with Gasteiger partial charge in [-0.1, -0.05) is 54.1 Å². The molecule has 6 heteroatoms. The highest BCUT2D eigenvalue weighted by Gasteiger charge is 2.34. The Balaban J connectivity index is 1.41. The maximum Gasteiger partial charge on any atom is 0.256 e. The Morgan fingerprint density at radius 1 is 0.909 bits per heavy atom. The van der Waals surface area contributed by atoms with Gasteiger partial charge in [0.15, 0.2) is 0 Å². The molecule has 1 aliphatic heterocycles. The van der Waals surface area contributed by atoms with Crippen LogP contribution in [0.2, 0.25) is 0 Å². The summed E-state index contributed by atoms with van der Waals surface area (Å²) in [5, 5.41) is 5.80. The van der Waals surface area contributed by atoms with E-state index in [-0.39, 0.29) is 24.1 Å². The van der Waals surface area contributed by atoms with Crippen molar-refractivity contribution in [2.24, 2.45) is 5.92 Å². The topological polar surface area (TPSA) is 78.5 Å². The van der Waals surface area contributed by atoms with E-state index < -0.39 is 5.92 Å². The van der Waals surface area contributed by atoms with E-state index >= 15 is 0 Å². The van der Waals surface area contributed by atoms with Crippen molar-refractivity contribution < 1.29 is 14.4 Å². The lowest BCUT2D eigenvalue weighted by Gasteiger charge is -2.17. The second-order valence-electron chi connectivity index (χ2n) is 8.45. The summed E-state index contributed by atoms with van der Waals surface area (Å²) < 4.78 is 0. The number of nitrogens with zero attached hydrogens (tertiary/aromatic N) is 1. The van der Waals surface area contributed by atoms with Gasteiger partial charge in [-0.25, -0.2) is 0 Å². The number of anilines is 2. The predicted molar refractivity (Wildman–Crippen MR) is 129 cm³/mol. The van der Waals surface area contributed by atoms with Gasteiger partial charge in [0, 0.05) is 36.4 Å². The van der Waals surface area contributed by atoms with Gasteiger partial charge >= 0.3 is 0 Å². The lowest BCUT2D eigenvalue weighted by Crippen LogP contribution is -2.28. The summed E-state index contributed by atoms with van der Waals surface area (Å²) in [4.78, 5) is 39.9. The lowest BCUT2D eigenvalue weighted by atomic mass is 10.0. The Morgan fingerprint density at radius 3 is 2.36 bits per heavy atom. The van der Waals surface area contributed by atoms with Gasteiger partial charge in [-0.15, -0.1) is 0 Å². The van der Waals surface area contributed by atoms with Crippen molar-refractivity contribution in [3.8, 4) is 0 Å². The third-order valence-electron chi connectivity index (χ3n) is 5.95. The number of rotatable bonds is 6. The molecule has 0 saturated carbocycles. The minimum absolute atomic E-state index is 0.0246. The first-order valence-electron chi connectivity index (χ1n) is 11.0. The molecule has 0 spiro atoms. The fourth-order valence-corrected chi connectivity index (χ4v) is 3.99. The lowest BCUT2D eigenvalue weighted by molar-refractivity contribution is -0.128. The Kier molecular flexibility index (Phi) is 6.54. The number of hydrogen-bond acceptors (Lipinski definition) is 3. The maximum atomic E-state index is 12.9. The molecule has 1 fully saturated rings. The van der Waals surface area contributed by atoms with E-state index in [2.05, 4.69) is 10.6 Å². The van der Waals surface area contributed by atoms with Gasteiger partial charge in [0.05, 0.1) is 5.92 Å². The van der Waals surface area contributed by atoms with E-state index in [1.54, 1.807) is 30.0 Å². The number of aryl methyl sites for hydroxylation is 1. The second kappa shape index (κ2) is 9.69. The van der Waals surface area contributed by atoms with Crippen LogP contribution in [0.5, 0.6) is 0 Å². The van der Waals surface area contributed by atoms with Crippen LogP contribution in [0.3, 0.4) is 0 Å². The minimum atomic E-state index is -0.427. The third kappa shape index (κ3) is 5.29. The van der Waals surface area contributed by atoms with Crippen LogP contribution >= 0.6 is 0 Å². The Morgan fingerprint density at radius 2 is 1.64 bits per heavy atom. The Bertz CT molecular complexity index is 1170. The van der Waals surface area contributed by atoms with Crippen molar-refractivity contribution >= 4 is 29.1 Å². The van der Waals surface area contributed by atoms with Crippen molar-refractivity contribution in [1.29, 1.82) is 0 Å². The Labute approximate surface area is 193 Å². The molecule has 1 saturated heterocycles. The van der Waals surface area contributed by atoms with Crippen molar-refractivity contribution in [3.63, 3.8) is 0 Å². The Hall–Kier alpha value is -3.93. The molecule has 1 unspecified atom stereocenters. The van der Waals surface area contributed by atoms with Gasteiger partial charge in [-0.2, -0.15) is 0 Å². The summed E-state index contributed by atoms with van der Waals surface area (Å²) in [6, 6.07) is 22.5. The maximum absolute atomic E-state index is 12.9. The molecule has 168 valence electrons. The fourth-order valence-electron chi connectivity index (χ4n) is 3.99. The minimum Gasteiger partial charge on any atom is -0.338 e. The number of carbonyl (C=O) groups is 3. The van der Waals surface area contributed by atoms with Gasteiger partial charge < -0.3 is 15.5 Å². The van der Waals surface area contributed by atoms with Crippen LogP contribution in [0.25, 0.3) is 0 Å². The molecule has 3 aromatic rings. The van der Waals surface area contributed by atoms with Crippen LogP contribution in [0.4, 0.5) is 11.4 Å². The van der Waals surface area contributed by atoms with E-state index in [1.165, 1.54) is 5.56 Å². The van der Waals surface area contributed by atoms with E-state index in [0.717, 1.165) is 5.56 Å². The third-order valence-corrected chi connectivity index (χ3v) is 5.95. The molecule has 3 amide bonds. The summed E-state index contributed by atoms with van der Waals surface area (Å²) in [7, 11) is 0. The van der Waals surface area contributed by atoms with Gasteiger partial charge in [-0.3, -0.25) is 14.4 Å². The number of benzene rings is 3. The summed E-state index contributed by atoms with van der Waals surface area (Å²) >= 11 is 0. The molecule has 0 aromatic heterocycles. The molecule has 2 N–H and O–H groups in total. The molecule has 6 nitrogen and oxygen atoms in total. The van der Waals surface area contributed by atoms with Crippen molar-refractivity contribution in [1.82, 2.24) is 4.90 Å². The molecule has 1 atom stereocenters. The summed E-state index contributed by atoms with van der Waals surface area (Å²) in [5.41, 5.74) is 4.65. The largest absolute Gasteiger partial charge is 0.338 e. The molecular weight excluding hydrogens is 414 g/mol. The van der Waals surface area contributed by atoms with Gasteiger partial charge in [0.2, 0.25) is 11.8 Å². The van der Waals surface area contributed by atoms with Crippen LogP contribution in [0, 0.1) is 19.8 Å². The summed E-state index contributed by atoms with van der Waals surface area (Å²) in [6.07, 6.45) is 0.185. The quantitative estimate of drug-likeness (QED) is 0.589. The van der Waals surface area contributed by atoms with Crippen LogP contribution in [0.1, 0.15) is 33.5 Å². The zero-order valence-electron chi connectivity index (χ0n) is 18.8. The molecule has 33 heavy (non-hydrogen) atoms. The van der Waals surface area contributed by atoms with Gasteiger partial charge in [-0.05, 0) is 49.2 Å². The monoisotopic (exact) mass is 441 g/mol. The zero-order valence-corrected chi connectivity index (χ0v) is 18.8. The highest BCUT2D eigenvalue weighted by atomic mass is 16.2. The van der Waals surface area contributed by atoms with Crippen molar-refractivity contribution in [2.45, 2.75) is 26.8 Å². The SMILES string of the molecule is Cc1ccc(CN2CC(C(=O)Nc3cccc(C(=O)Nc4ccccc4)c3C)CC2=O)cc1. The van der Waals surface area contributed by atoms with Crippen molar-refractivity contribution in [2.75, 3.05) is 17.2 Å². The van der Waals surface area contributed by atoms with Crippen LogP contribution in [0.15, 0.2) is 72.8 Å². The smallest absolute Gasteiger partial charge is 0.256 e. The standard InChI is InChI=1S/C27H27N3O3/c1-18-11-13-20(14-12-18)16-30-17-21(15-25(30)31)26(32)29-24-10-6-9-23(19(24)2)27(33)28-22-7-4-3-5-8-22/h3-14,21H,15-17H2,1-2H3,(H,28,33)(H,29,32). The van der Waals surface area contributed by atoms with E-state index in [1.807, 2.05) is 61.5 Å². The van der Waals surface area contributed by atoms with Crippen LogP contribution in [-0.4, -0.2) is 29.2 Å².